The molecule has 0 bridgehead atoms. The van der Waals surface area contributed by atoms with E-state index < -0.39 is 11.6 Å². The van der Waals surface area contributed by atoms with Crippen LogP contribution in [0.2, 0.25) is 0 Å². The first-order valence-electron chi connectivity index (χ1n) is 15.8. The molecule has 1 aliphatic carbocycles. The van der Waals surface area contributed by atoms with E-state index in [9.17, 15) is 0 Å². The lowest BCUT2D eigenvalue weighted by molar-refractivity contribution is 0.137. The van der Waals surface area contributed by atoms with Gasteiger partial charge < -0.3 is 9.47 Å². The topological polar surface area (TPSA) is 31.4 Å². The third-order valence-electron chi connectivity index (χ3n) is 9.67. The number of hydrogen-bond acceptors (Lipinski definition) is 4. The van der Waals surface area contributed by atoms with Crippen LogP contribution in [0.25, 0.3) is 39.0 Å². The van der Waals surface area contributed by atoms with Gasteiger partial charge in [-0.05, 0) is 82.8 Å². The van der Waals surface area contributed by atoms with Gasteiger partial charge in [-0.3, -0.25) is 4.98 Å². The molecular weight excluding hydrogens is 614 g/mol. The van der Waals surface area contributed by atoms with Gasteiger partial charge in [0.1, 0.15) is 22.9 Å². The smallest absolute Gasteiger partial charge is 0.147 e. The highest BCUT2D eigenvalue weighted by Gasteiger charge is 2.59. The number of nitrogens with zero attached hydrogens (tertiary/aromatic N) is 1. The lowest BCUT2D eigenvalue weighted by atomic mass is 9.81. The Morgan fingerprint density at radius 1 is 0.596 bits per heavy atom. The molecule has 0 radical (unpaired) electrons. The Hall–Kier alpha value is -5.02. The quantitative estimate of drug-likeness (QED) is 0.179. The van der Waals surface area contributed by atoms with Crippen LogP contribution in [0.3, 0.4) is 0 Å². The van der Waals surface area contributed by atoms with E-state index in [1.165, 1.54) is 0 Å². The number of ether oxygens (including phenoxy) is 2. The molecular formula is C42H30NO2PS. The van der Waals surface area contributed by atoms with Crippen molar-refractivity contribution in [1.82, 2.24) is 4.98 Å². The molecule has 3 nitrogen and oxygen atoms in total. The van der Waals surface area contributed by atoms with Gasteiger partial charge in [0.05, 0.1) is 5.66 Å². The highest BCUT2D eigenvalue weighted by atomic mass is 32.4. The van der Waals surface area contributed by atoms with Crippen LogP contribution >= 0.6 is 6.04 Å². The molecule has 2 aliphatic heterocycles. The molecule has 0 fully saturated rings. The summed E-state index contributed by atoms with van der Waals surface area (Å²) in [5, 5.41) is 2.20. The predicted octanol–water partition coefficient (Wildman–Crippen LogP) is 9.41. The SMILES string of the molecule is CC12Oc3ccc(-c4ccccc4)cc3P3(=S)c4cc(-c5ccccc5)ccc4OC(=CC=C1c1cccc(-c4cccnc4)c1)C23. The lowest BCUT2D eigenvalue weighted by Crippen LogP contribution is -2.57. The van der Waals surface area contributed by atoms with Gasteiger partial charge >= 0.3 is 0 Å². The van der Waals surface area contributed by atoms with E-state index in [1.54, 1.807) is 6.20 Å². The van der Waals surface area contributed by atoms with E-state index in [-0.39, 0.29) is 5.66 Å². The number of fused-ring (bicyclic) bond motifs is 4. The third-order valence-corrected chi connectivity index (χ3v) is 15.1. The summed E-state index contributed by atoms with van der Waals surface area (Å²) >= 11 is 7.16. The molecule has 3 unspecified atom stereocenters. The van der Waals surface area contributed by atoms with Gasteiger partial charge in [-0.25, -0.2) is 0 Å². The molecule has 5 aromatic carbocycles. The maximum atomic E-state index is 7.22. The van der Waals surface area contributed by atoms with Crippen molar-refractivity contribution in [1.29, 1.82) is 0 Å². The largest absolute Gasteiger partial charge is 0.481 e. The first kappa shape index (κ1) is 28.2. The van der Waals surface area contributed by atoms with E-state index in [4.69, 9.17) is 21.3 Å². The molecule has 0 saturated carbocycles. The zero-order chi connectivity index (χ0) is 31.6. The second-order valence-electron chi connectivity index (χ2n) is 12.4. The maximum absolute atomic E-state index is 7.22. The van der Waals surface area contributed by atoms with Gasteiger partial charge in [0.15, 0.2) is 0 Å². The second kappa shape index (κ2) is 10.8. The molecule has 3 aliphatic rings. The maximum Gasteiger partial charge on any atom is 0.147 e. The molecule has 47 heavy (non-hydrogen) atoms. The van der Waals surface area contributed by atoms with Crippen LogP contribution in [0.15, 0.2) is 164 Å². The van der Waals surface area contributed by atoms with Crippen molar-refractivity contribution in [3.8, 4) is 44.9 Å². The van der Waals surface area contributed by atoms with Gasteiger partial charge in [0, 0.05) is 40.2 Å². The average Bonchev–Trinajstić information content (AvgIpc) is 3.12. The summed E-state index contributed by atoms with van der Waals surface area (Å²) in [5.41, 5.74) is 7.99. The zero-order valence-electron chi connectivity index (χ0n) is 25.7. The van der Waals surface area contributed by atoms with Gasteiger partial charge in [-0.1, -0.05) is 115 Å². The Labute approximate surface area is 279 Å². The fourth-order valence-electron chi connectivity index (χ4n) is 7.46. The Bertz CT molecular complexity index is 2300. The van der Waals surface area contributed by atoms with Crippen molar-refractivity contribution in [2.75, 3.05) is 0 Å². The summed E-state index contributed by atoms with van der Waals surface area (Å²) in [6, 6.07) is 44.2. The standard InChI is InChI=1S/C42H30NO2PS/c1-42-35(33-15-8-14-30(24-33)34-16-9-23-43-27-34)19-22-38-41(42)46(47,39-25-31(17-20-36(39)44-38)28-10-4-2-5-11-28)40-26-32(18-21-37(40)45-42)29-12-6-3-7-13-29/h2-27,41H,1H3. The molecule has 1 aromatic heterocycles. The zero-order valence-corrected chi connectivity index (χ0v) is 27.4. The lowest BCUT2D eigenvalue weighted by Gasteiger charge is -2.53. The molecule has 0 N–H and O–H groups in total. The molecule has 5 heteroatoms. The van der Waals surface area contributed by atoms with Crippen LogP contribution < -0.4 is 20.1 Å². The second-order valence-corrected chi connectivity index (χ2v) is 17.0. The number of pyridine rings is 1. The Morgan fingerprint density at radius 3 is 1.87 bits per heavy atom. The number of rotatable bonds is 4. The van der Waals surface area contributed by atoms with Crippen molar-refractivity contribution in [3.05, 3.63) is 169 Å². The van der Waals surface area contributed by atoms with Crippen molar-refractivity contribution >= 4 is 34.0 Å². The molecule has 0 amide bonds. The van der Waals surface area contributed by atoms with E-state index >= 15 is 0 Å². The van der Waals surface area contributed by atoms with Crippen molar-refractivity contribution in [3.63, 3.8) is 0 Å². The number of aromatic nitrogens is 1. The first-order chi connectivity index (χ1) is 23.0. The van der Waals surface area contributed by atoms with E-state index in [1.807, 2.05) is 24.4 Å². The molecule has 0 saturated heterocycles. The Morgan fingerprint density at radius 2 is 1.19 bits per heavy atom. The Balaban J connectivity index is 1.28. The fourth-order valence-corrected chi connectivity index (χ4v) is 13.0. The van der Waals surface area contributed by atoms with Crippen molar-refractivity contribution in [2.45, 2.75) is 18.2 Å². The molecule has 0 spiro atoms. The third kappa shape index (κ3) is 4.40. The Kier molecular flexibility index (Phi) is 6.47. The van der Waals surface area contributed by atoms with E-state index in [2.05, 4.69) is 139 Å². The first-order valence-corrected chi connectivity index (χ1v) is 18.7. The van der Waals surface area contributed by atoms with Gasteiger partial charge in [-0.2, -0.15) is 0 Å². The molecule has 3 heterocycles. The summed E-state index contributed by atoms with van der Waals surface area (Å²) in [7, 11) is 0. The van der Waals surface area contributed by atoms with E-state index in [0.717, 1.165) is 72.4 Å². The van der Waals surface area contributed by atoms with Crippen LogP contribution in [-0.2, 0) is 11.8 Å². The van der Waals surface area contributed by atoms with Crippen LogP contribution in [0.4, 0.5) is 0 Å². The normalized spacial score (nSPS) is 21.9. The van der Waals surface area contributed by atoms with Crippen molar-refractivity contribution in [2.24, 2.45) is 0 Å². The number of hydrogen-bond donors (Lipinski definition) is 0. The number of allylic oxidation sites excluding steroid dienone is 2. The van der Waals surface area contributed by atoms with Gasteiger partial charge in [-0.15, -0.1) is 0 Å². The van der Waals surface area contributed by atoms with Crippen LogP contribution in [0.1, 0.15) is 12.5 Å². The van der Waals surface area contributed by atoms with Gasteiger partial charge in [0.25, 0.3) is 0 Å². The minimum absolute atomic E-state index is 0.191. The summed E-state index contributed by atoms with van der Waals surface area (Å²) in [6.07, 6.45) is 8.00. The monoisotopic (exact) mass is 643 g/mol. The highest BCUT2D eigenvalue weighted by Crippen LogP contribution is 2.67. The predicted molar refractivity (Wildman–Crippen MR) is 196 cm³/mol. The molecule has 3 atom stereocenters. The van der Waals surface area contributed by atoms with E-state index in [0.29, 0.717) is 0 Å². The fraction of sp³-hybridized carbons (Fsp3) is 0.0714. The van der Waals surface area contributed by atoms with Crippen LogP contribution in [-0.4, -0.2) is 16.2 Å². The summed E-state index contributed by atoms with van der Waals surface area (Å²) in [4.78, 5) is 4.36. The molecule has 6 aromatic rings. The van der Waals surface area contributed by atoms with Crippen LogP contribution in [0.5, 0.6) is 11.5 Å². The summed E-state index contributed by atoms with van der Waals surface area (Å²) in [6.45, 7) is 2.21. The minimum atomic E-state index is -2.60. The number of benzene rings is 5. The molecule has 9 rings (SSSR count). The minimum Gasteiger partial charge on any atom is -0.481 e. The summed E-state index contributed by atoms with van der Waals surface area (Å²) in [5.74, 6) is 2.56. The highest BCUT2D eigenvalue weighted by molar-refractivity contribution is 8.22. The molecule has 226 valence electrons. The van der Waals surface area contributed by atoms with Gasteiger partial charge in [0.2, 0.25) is 0 Å². The summed E-state index contributed by atoms with van der Waals surface area (Å²) < 4.78 is 14.0. The van der Waals surface area contributed by atoms with Crippen LogP contribution in [0, 0.1) is 0 Å². The van der Waals surface area contributed by atoms with Crippen molar-refractivity contribution < 1.29 is 9.47 Å². The average molecular weight is 644 g/mol.